The number of ether oxygens (including phenoxy) is 1. The van der Waals surface area contributed by atoms with Crippen molar-refractivity contribution >= 4 is 28.7 Å². The van der Waals surface area contributed by atoms with E-state index < -0.39 is 0 Å². The average molecular weight is 359 g/mol. The van der Waals surface area contributed by atoms with Crippen LogP contribution in [0.1, 0.15) is 18.1 Å². The van der Waals surface area contributed by atoms with Gasteiger partial charge in [0.1, 0.15) is 5.75 Å². The lowest BCUT2D eigenvalue weighted by molar-refractivity contribution is 0.414. The van der Waals surface area contributed by atoms with Crippen molar-refractivity contribution in [1.29, 1.82) is 0 Å². The molecule has 0 atom stereocenters. The molecule has 0 N–H and O–H groups in total. The Morgan fingerprint density at radius 2 is 1.35 bits per heavy atom. The van der Waals surface area contributed by atoms with E-state index in [2.05, 4.69) is 79.5 Å². The van der Waals surface area contributed by atoms with Gasteiger partial charge in [0.25, 0.3) is 0 Å². The molecule has 4 rings (SSSR count). The van der Waals surface area contributed by atoms with Gasteiger partial charge in [-0.3, -0.25) is 0 Å². The van der Waals surface area contributed by atoms with Gasteiger partial charge in [-0.05, 0) is 48.2 Å². The summed E-state index contributed by atoms with van der Waals surface area (Å²) in [5, 5.41) is 0. The Kier molecular flexibility index (Phi) is 4.48. The Hall–Kier alpha value is -2.65. The van der Waals surface area contributed by atoms with Gasteiger partial charge in [0.05, 0.1) is 7.11 Å². The summed E-state index contributed by atoms with van der Waals surface area (Å²) in [7, 11) is 3.84. The number of fused-ring (bicyclic) bond motifs is 2. The number of methoxy groups -OCH3 is 1. The summed E-state index contributed by atoms with van der Waals surface area (Å²) in [6, 6.07) is 25.5. The second-order valence-corrected chi connectivity index (χ2v) is 7.59. The smallest absolute Gasteiger partial charge is 0.118 e. The zero-order valence-corrected chi connectivity index (χ0v) is 16.0. The standard InChI is InChI=1S/C23H21NOS/c1-16(26-18-14-12-17(25-3)13-15-18)23-19-8-4-6-10-21(19)24(2)22-11-7-5-9-20(22)23/h4-15H,1-3H3. The highest BCUT2D eigenvalue weighted by Gasteiger charge is 2.25. The fraction of sp³-hybridized carbons (Fsp3) is 0.130. The number of allylic oxidation sites excluding steroid dienone is 1. The molecule has 26 heavy (non-hydrogen) atoms. The SMILES string of the molecule is COc1ccc(SC(C)=C2c3ccccc3N(C)c3ccccc32)cc1. The van der Waals surface area contributed by atoms with E-state index in [9.17, 15) is 0 Å². The molecule has 0 saturated carbocycles. The van der Waals surface area contributed by atoms with Crippen LogP contribution >= 0.6 is 11.8 Å². The van der Waals surface area contributed by atoms with Crippen LogP contribution in [-0.4, -0.2) is 14.2 Å². The molecule has 130 valence electrons. The summed E-state index contributed by atoms with van der Waals surface area (Å²) in [6.45, 7) is 2.21. The van der Waals surface area contributed by atoms with Gasteiger partial charge in [-0.25, -0.2) is 0 Å². The second-order valence-electron chi connectivity index (χ2n) is 6.30. The highest BCUT2D eigenvalue weighted by molar-refractivity contribution is 8.03. The van der Waals surface area contributed by atoms with Gasteiger partial charge >= 0.3 is 0 Å². The topological polar surface area (TPSA) is 12.5 Å². The fourth-order valence-corrected chi connectivity index (χ4v) is 4.43. The van der Waals surface area contributed by atoms with E-state index in [4.69, 9.17) is 4.74 Å². The van der Waals surface area contributed by atoms with Crippen LogP contribution in [0.15, 0.2) is 82.6 Å². The maximum atomic E-state index is 5.27. The number of nitrogens with zero attached hydrogens (tertiary/aromatic N) is 1. The minimum absolute atomic E-state index is 0.884. The van der Waals surface area contributed by atoms with Crippen molar-refractivity contribution in [2.24, 2.45) is 0 Å². The monoisotopic (exact) mass is 359 g/mol. The van der Waals surface area contributed by atoms with Crippen molar-refractivity contribution in [2.75, 3.05) is 19.1 Å². The molecule has 1 aliphatic rings. The molecule has 0 bridgehead atoms. The highest BCUT2D eigenvalue weighted by Crippen LogP contribution is 2.47. The maximum absolute atomic E-state index is 5.27. The highest BCUT2D eigenvalue weighted by atomic mass is 32.2. The quantitative estimate of drug-likeness (QED) is 0.506. The van der Waals surface area contributed by atoms with Gasteiger partial charge in [-0.1, -0.05) is 48.2 Å². The van der Waals surface area contributed by atoms with Crippen LogP contribution in [0.5, 0.6) is 5.75 Å². The van der Waals surface area contributed by atoms with E-state index in [1.807, 2.05) is 12.1 Å². The first-order valence-electron chi connectivity index (χ1n) is 8.64. The summed E-state index contributed by atoms with van der Waals surface area (Å²) in [6.07, 6.45) is 0. The van der Waals surface area contributed by atoms with Crippen LogP contribution in [0.4, 0.5) is 11.4 Å². The number of rotatable bonds is 3. The molecule has 0 spiro atoms. The van der Waals surface area contributed by atoms with E-state index >= 15 is 0 Å². The van der Waals surface area contributed by atoms with E-state index in [0.29, 0.717) is 0 Å². The zero-order valence-electron chi connectivity index (χ0n) is 15.2. The Labute approximate surface area is 159 Å². The van der Waals surface area contributed by atoms with Crippen LogP contribution in [0, 0.1) is 0 Å². The minimum Gasteiger partial charge on any atom is -0.497 e. The number of anilines is 2. The summed E-state index contributed by atoms with van der Waals surface area (Å²) in [5.41, 5.74) is 6.38. The van der Waals surface area contributed by atoms with E-state index in [1.54, 1.807) is 18.9 Å². The van der Waals surface area contributed by atoms with Crippen molar-refractivity contribution < 1.29 is 4.74 Å². The third kappa shape index (κ3) is 2.89. The van der Waals surface area contributed by atoms with Crippen LogP contribution < -0.4 is 9.64 Å². The lowest BCUT2D eigenvalue weighted by Gasteiger charge is -2.32. The number of hydrogen-bond acceptors (Lipinski definition) is 3. The average Bonchev–Trinajstić information content (AvgIpc) is 2.69. The van der Waals surface area contributed by atoms with Crippen molar-refractivity contribution in [1.82, 2.24) is 0 Å². The Morgan fingerprint density at radius 1 is 0.808 bits per heavy atom. The van der Waals surface area contributed by atoms with E-state index in [1.165, 1.54) is 37.9 Å². The van der Waals surface area contributed by atoms with Gasteiger partial charge in [0, 0.05) is 40.0 Å². The van der Waals surface area contributed by atoms with Crippen LogP contribution in [-0.2, 0) is 0 Å². The van der Waals surface area contributed by atoms with Crippen LogP contribution in [0.25, 0.3) is 5.57 Å². The molecule has 0 radical (unpaired) electrons. The molecule has 0 unspecified atom stereocenters. The molecule has 1 heterocycles. The number of para-hydroxylation sites is 2. The van der Waals surface area contributed by atoms with E-state index in [-0.39, 0.29) is 0 Å². The van der Waals surface area contributed by atoms with Crippen LogP contribution in [0.3, 0.4) is 0 Å². The summed E-state index contributed by atoms with van der Waals surface area (Å²) in [4.78, 5) is 4.78. The maximum Gasteiger partial charge on any atom is 0.118 e. The molecule has 0 aromatic heterocycles. The third-order valence-electron chi connectivity index (χ3n) is 4.75. The van der Waals surface area contributed by atoms with Crippen LogP contribution in [0.2, 0.25) is 0 Å². The van der Waals surface area contributed by atoms with Gasteiger partial charge in [-0.15, -0.1) is 0 Å². The minimum atomic E-state index is 0.884. The zero-order chi connectivity index (χ0) is 18.1. The molecular weight excluding hydrogens is 338 g/mol. The van der Waals surface area contributed by atoms with Gasteiger partial charge < -0.3 is 9.64 Å². The molecule has 1 aliphatic heterocycles. The molecule has 0 aliphatic carbocycles. The summed E-state index contributed by atoms with van der Waals surface area (Å²) in [5.74, 6) is 0.884. The first-order valence-corrected chi connectivity index (χ1v) is 9.46. The Balaban J connectivity index is 1.84. The predicted octanol–water partition coefficient (Wildman–Crippen LogP) is 6.35. The largest absolute Gasteiger partial charge is 0.497 e. The second kappa shape index (κ2) is 6.93. The first-order chi connectivity index (χ1) is 12.7. The first kappa shape index (κ1) is 16.8. The normalized spacial score (nSPS) is 12.4. The number of benzene rings is 3. The summed E-state index contributed by atoms with van der Waals surface area (Å²) >= 11 is 1.80. The van der Waals surface area contributed by atoms with Crippen molar-refractivity contribution in [3.05, 3.63) is 88.8 Å². The Bertz CT molecular complexity index is 926. The van der Waals surface area contributed by atoms with E-state index in [0.717, 1.165) is 5.75 Å². The van der Waals surface area contributed by atoms with Crippen molar-refractivity contribution in [3.8, 4) is 5.75 Å². The lowest BCUT2D eigenvalue weighted by Crippen LogP contribution is -2.18. The Morgan fingerprint density at radius 3 is 1.88 bits per heavy atom. The number of thioether (sulfide) groups is 1. The predicted molar refractivity (Wildman–Crippen MR) is 111 cm³/mol. The van der Waals surface area contributed by atoms with Gasteiger partial charge in [0.15, 0.2) is 0 Å². The molecule has 0 fully saturated rings. The number of hydrogen-bond donors (Lipinski definition) is 0. The fourth-order valence-electron chi connectivity index (χ4n) is 3.48. The molecule has 3 heteroatoms. The molecule has 3 aromatic carbocycles. The van der Waals surface area contributed by atoms with Gasteiger partial charge in [-0.2, -0.15) is 0 Å². The van der Waals surface area contributed by atoms with Crippen molar-refractivity contribution in [3.63, 3.8) is 0 Å². The molecule has 2 nitrogen and oxygen atoms in total. The lowest BCUT2D eigenvalue weighted by atomic mass is 9.90. The third-order valence-corrected chi connectivity index (χ3v) is 5.77. The molecule has 3 aromatic rings. The van der Waals surface area contributed by atoms with Gasteiger partial charge in [0.2, 0.25) is 0 Å². The molecule has 0 saturated heterocycles. The van der Waals surface area contributed by atoms with Crippen molar-refractivity contribution in [2.45, 2.75) is 11.8 Å². The molecule has 0 amide bonds. The molecular formula is C23H21NOS. The summed E-state index contributed by atoms with van der Waals surface area (Å²) < 4.78 is 5.27.